The third-order valence-corrected chi connectivity index (χ3v) is 6.72. The Hall–Kier alpha value is -3.80. The molecule has 0 amide bonds. The first-order valence-corrected chi connectivity index (χ1v) is 12.2. The lowest BCUT2D eigenvalue weighted by Crippen LogP contribution is -2.34. The van der Waals surface area contributed by atoms with E-state index in [2.05, 4.69) is 6.92 Å². The van der Waals surface area contributed by atoms with Gasteiger partial charge in [-0.1, -0.05) is 51.0 Å². The Morgan fingerprint density at radius 1 is 0.771 bits per heavy atom. The van der Waals surface area contributed by atoms with E-state index in [1.165, 1.54) is 0 Å². The number of ether oxygens (including phenoxy) is 2. The molecule has 2 N–H and O–H groups in total. The van der Waals surface area contributed by atoms with E-state index in [4.69, 9.17) is 9.47 Å². The van der Waals surface area contributed by atoms with Crippen LogP contribution >= 0.6 is 0 Å². The Balaban J connectivity index is 1.42. The number of unbranched alkanes of at least 4 members (excludes halogenated alkanes) is 2. The lowest BCUT2D eigenvalue weighted by Gasteiger charge is -2.24. The number of fused-ring (bicyclic) bond motifs is 3. The minimum atomic E-state index is -0.550. The van der Waals surface area contributed by atoms with E-state index in [-0.39, 0.29) is 17.3 Å². The van der Waals surface area contributed by atoms with Crippen molar-refractivity contribution in [2.75, 3.05) is 13.2 Å². The SMILES string of the molecule is CCCCOC1=C(c2ccc3c(c2)Cc2cc(-c4c(OCCCC)c(=O)c4=O)ccc2-3)C(O)=C1O. The van der Waals surface area contributed by atoms with Crippen molar-refractivity contribution in [1.29, 1.82) is 0 Å². The molecule has 0 atom stereocenters. The van der Waals surface area contributed by atoms with E-state index in [9.17, 15) is 19.8 Å². The highest BCUT2D eigenvalue weighted by atomic mass is 16.5. The van der Waals surface area contributed by atoms with Crippen molar-refractivity contribution in [1.82, 2.24) is 0 Å². The van der Waals surface area contributed by atoms with Gasteiger partial charge >= 0.3 is 0 Å². The van der Waals surface area contributed by atoms with Gasteiger partial charge in [0.2, 0.25) is 11.2 Å². The van der Waals surface area contributed by atoms with Crippen molar-refractivity contribution in [2.45, 2.75) is 46.0 Å². The summed E-state index contributed by atoms with van der Waals surface area (Å²) in [6, 6.07) is 11.7. The van der Waals surface area contributed by atoms with Crippen LogP contribution in [0.25, 0.3) is 27.8 Å². The fraction of sp³-hybridized carbons (Fsp3) is 0.310. The van der Waals surface area contributed by atoms with Crippen LogP contribution in [0.1, 0.15) is 56.2 Å². The van der Waals surface area contributed by atoms with Crippen LogP contribution in [0.4, 0.5) is 0 Å². The standard InChI is InChI=1S/C29H28O6/c1-3-5-11-34-28-22(24(30)26(28)32)16-7-9-20-18(13-16)15-19-14-17(8-10-21(19)20)23-25(31)27(33)29(23)35-12-6-4-2/h7-10,13-14,30,32H,3-6,11-12,15H2,1-2H3. The van der Waals surface area contributed by atoms with Crippen molar-refractivity contribution in [3.8, 4) is 28.0 Å². The fourth-order valence-corrected chi connectivity index (χ4v) is 4.73. The molecule has 0 saturated carbocycles. The lowest BCUT2D eigenvalue weighted by molar-refractivity contribution is 0.173. The van der Waals surface area contributed by atoms with Gasteiger partial charge in [-0.2, -0.15) is 0 Å². The van der Waals surface area contributed by atoms with Gasteiger partial charge in [0.1, 0.15) is 0 Å². The predicted octanol–water partition coefficient (Wildman–Crippen LogP) is 5.57. The molecule has 35 heavy (non-hydrogen) atoms. The molecule has 180 valence electrons. The summed E-state index contributed by atoms with van der Waals surface area (Å²) in [7, 11) is 0. The maximum absolute atomic E-state index is 12.3. The number of hydrogen-bond donors (Lipinski definition) is 2. The highest BCUT2D eigenvalue weighted by molar-refractivity contribution is 5.90. The molecular weight excluding hydrogens is 444 g/mol. The molecule has 0 fully saturated rings. The number of rotatable bonds is 10. The molecule has 6 heteroatoms. The number of hydrogen-bond acceptors (Lipinski definition) is 6. The molecule has 0 heterocycles. The minimum Gasteiger partial charge on any atom is -0.504 e. The van der Waals surface area contributed by atoms with Crippen LogP contribution < -0.4 is 15.6 Å². The van der Waals surface area contributed by atoms with Crippen LogP contribution in [0.15, 0.2) is 63.3 Å². The highest BCUT2D eigenvalue weighted by Gasteiger charge is 2.33. The second-order valence-corrected chi connectivity index (χ2v) is 9.09. The number of aliphatic hydroxyl groups is 2. The number of benzene rings is 2. The summed E-state index contributed by atoms with van der Waals surface area (Å²) >= 11 is 0. The second-order valence-electron chi connectivity index (χ2n) is 9.09. The van der Waals surface area contributed by atoms with E-state index in [1.807, 2.05) is 43.3 Å². The first kappa shape index (κ1) is 23.0. The molecule has 0 spiro atoms. The number of allylic oxidation sites excluding steroid dienone is 1. The van der Waals surface area contributed by atoms with Crippen LogP contribution in [0.5, 0.6) is 5.75 Å². The monoisotopic (exact) mass is 472 g/mol. The number of aliphatic hydroxyl groups excluding tert-OH is 2. The van der Waals surface area contributed by atoms with Crippen molar-refractivity contribution in [3.05, 3.63) is 90.8 Å². The van der Waals surface area contributed by atoms with Crippen molar-refractivity contribution < 1.29 is 19.7 Å². The van der Waals surface area contributed by atoms with E-state index < -0.39 is 10.9 Å². The van der Waals surface area contributed by atoms with Crippen LogP contribution in [-0.4, -0.2) is 23.4 Å². The Kier molecular flexibility index (Phi) is 5.97. The Labute approximate surface area is 203 Å². The summed E-state index contributed by atoms with van der Waals surface area (Å²) in [6.45, 7) is 5.00. The molecular formula is C29H28O6. The van der Waals surface area contributed by atoms with Crippen LogP contribution in [0, 0.1) is 0 Å². The quantitative estimate of drug-likeness (QED) is 0.232. The van der Waals surface area contributed by atoms with Crippen LogP contribution in [0.2, 0.25) is 0 Å². The van der Waals surface area contributed by atoms with Crippen LogP contribution in [-0.2, 0) is 11.2 Å². The summed E-state index contributed by atoms with van der Waals surface area (Å²) in [5.74, 6) is 0.166. The summed E-state index contributed by atoms with van der Waals surface area (Å²) in [4.78, 5) is 24.4. The zero-order chi connectivity index (χ0) is 24.7. The highest BCUT2D eigenvalue weighted by Crippen LogP contribution is 2.44. The molecule has 0 unspecified atom stereocenters. The molecule has 2 aliphatic rings. The van der Waals surface area contributed by atoms with Crippen molar-refractivity contribution in [2.24, 2.45) is 0 Å². The topological polar surface area (TPSA) is 93.1 Å². The zero-order valence-electron chi connectivity index (χ0n) is 19.9. The fourth-order valence-electron chi connectivity index (χ4n) is 4.73. The summed E-state index contributed by atoms with van der Waals surface area (Å²) < 4.78 is 11.3. The van der Waals surface area contributed by atoms with E-state index >= 15 is 0 Å². The van der Waals surface area contributed by atoms with Gasteiger partial charge in [-0.25, -0.2) is 0 Å². The van der Waals surface area contributed by atoms with Gasteiger partial charge in [0.15, 0.2) is 17.3 Å². The van der Waals surface area contributed by atoms with Crippen LogP contribution in [0.3, 0.4) is 0 Å². The van der Waals surface area contributed by atoms with Gasteiger partial charge in [-0.05, 0) is 64.8 Å². The molecule has 0 aliphatic heterocycles. The van der Waals surface area contributed by atoms with Crippen molar-refractivity contribution in [3.63, 3.8) is 0 Å². The first-order chi connectivity index (χ1) is 17.0. The molecule has 0 radical (unpaired) electrons. The Morgan fingerprint density at radius 2 is 1.37 bits per heavy atom. The van der Waals surface area contributed by atoms with E-state index in [1.54, 1.807) is 0 Å². The summed E-state index contributed by atoms with van der Waals surface area (Å²) in [6.07, 6.45) is 4.26. The molecule has 0 bridgehead atoms. The third kappa shape index (κ3) is 3.73. The van der Waals surface area contributed by atoms with Gasteiger partial charge in [0, 0.05) is 0 Å². The summed E-state index contributed by atoms with van der Waals surface area (Å²) in [5, 5.41) is 20.3. The van der Waals surface area contributed by atoms with Gasteiger partial charge in [-0.3, -0.25) is 9.59 Å². The maximum Gasteiger partial charge on any atom is 0.268 e. The Morgan fingerprint density at radius 3 is 2.03 bits per heavy atom. The third-order valence-electron chi connectivity index (χ3n) is 6.72. The zero-order valence-corrected chi connectivity index (χ0v) is 19.9. The van der Waals surface area contributed by atoms with Crippen molar-refractivity contribution >= 4 is 5.57 Å². The molecule has 6 nitrogen and oxygen atoms in total. The van der Waals surface area contributed by atoms with E-state index in [0.29, 0.717) is 42.1 Å². The lowest BCUT2D eigenvalue weighted by atomic mass is 9.91. The smallest absolute Gasteiger partial charge is 0.268 e. The molecule has 0 aromatic heterocycles. The first-order valence-electron chi connectivity index (χ1n) is 12.2. The predicted molar refractivity (Wildman–Crippen MR) is 135 cm³/mol. The van der Waals surface area contributed by atoms with Gasteiger partial charge in [0.25, 0.3) is 5.43 Å². The molecule has 3 aromatic carbocycles. The van der Waals surface area contributed by atoms with Gasteiger partial charge in [0.05, 0.1) is 24.4 Å². The largest absolute Gasteiger partial charge is 0.504 e. The molecule has 3 aromatic rings. The average molecular weight is 473 g/mol. The maximum atomic E-state index is 12.3. The van der Waals surface area contributed by atoms with Gasteiger partial charge < -0.3 is 19.7 Å². The minimum absolute atomic E-state index is 0.148. The van der Waals surface area contributed by atoms with Gasteiger partial charge in [-0.15, -0.1) is 0 Å². The second kappa shape index (κ2) is 9.10. The molecule has 5 rings (SSSR count). The van der Waals surface area contributed by atoms with E-state index in [0.717, 1.165) is 53.5 Å². The normalized spacial score (nSPS) is 14.2. The average Bonchev–Trinajstić information content (AvgIpc) is 3.23. The molecule has 2 aliphatic carbocycles. The Bertz CT molecular complexity index is 1450. The molecule has 0 saturated heterocycles. The summed E-state index contributed by atoms with van der Waals surface area (Å²) in [5.41, 5.74) is 5.63.